The van der Waals surface area contributed by atoms with Crippen LogP contribution in [0.3, 0.4) is 0 Å². The highest BCUT2D eigenvalue weighted by Gasteiger charge is 2.50. The van der Waals surface area contributed by atoms with Crippen LogP contribution in [-0.4, -0.2) is 108 Å². The molecule has 0 saturated carbocycles. The quantitative estimate of drug-likeness (QED) is 0.183. The molecule has 46 heavy (non-hydrogen) atoms. The summed E-state index contributed by atoms with van der Waals surface area (Å²) in [5.41, 5.74) is 0.424. The zero-order valence-electron chi connectivity index (χ0n) is 27.4. The maximum absolute atomic E-state index is 13.8. The van der Waals surface area contributed by atoms with Crippen LogP contribution < -0.4 is 14.2 Å². The van der Waals surface area contributed by atoms with Gasteiger partial charge in [-0.2, -0.15) is 0 Å². The number of methoxy groups -OCH3 is 4. The van der Waals surface area contributed by atoms with Crippen molar-refractivity contribution in [1.82, 2.24) is 0 Å². The van der Waals surface area contributed by atoms with Crippen molar-refractivity contribution in [2.75, 3.05) is 28.4 Å². The van der Waals surface area contributed by atoms with E-state index in [1.165, 1.54) is 49.2 Å². The Hall–Kier alpha value is -2.93. The van der Waals surface area contributed by atoms with Crippen molar-refractivity contribution in [3.8, 4) is 17.2 Å². The van der Waals surface area contributed by atoms with Gasteiger partial charge in [-0.1, -0.05) is 0 Å². The Kier molecular flexibility index (Phi) is 13.3. The smallest absolute Gasteiger partial charge is 0.342 e. The number of rotatable bonds is 11. The Morgan fingerprint density at radius 1 is 0.696 bits per heavy atom. The number of hydrogen-bond acceptors (Lipinski definition) is 15. The molecule has 15 nitrogen and oxygen atoms in total. The third-order valence-electron chi connectivity index (χ3n) is 7.44. The monoisotopic (exact) mass is 768 g/mol. The van der Waals surface area contributed by atoms with Crippen LogP contribution >= 0.6 is 22.6 Å². The van der Waals surface area contributed by atoms with Crippen LogP contribution in [0.25, 0.3) is 0 Å². The molecule has 2 saturated heterocycles. The zero-order valence-corrected chi connectivity index (χ0v) is 29.6. The molecule has 3 rings (SSSR count). The molecule has 2 heterocycles. The van der Waals surface area contributed by atoms with Gasteiger partial charge in [-0.05, 0) is 48.9 Å². The van der Waals surface area contributed by atoms with E-state index in [0.29, 0.717) is 9.13 Å². The fraction of sp³-hybridized carbons (Fsp3) is 0.667. The largest absolute Gasteiger partial charge is 0.492 e. The molecule has 0 N–H and O–H groups in total. The summed E-state index contributed by atoms with van der Waals surface area (Å²) in [6.07, 6.45) is -8.06. The van der Waals surface area contributed by atoms with Crippen LogP contribution in [-0.2, 0) is 52.3 Å². The number of hydrogen-bond donors (Lipinski definition) is 0. The van der Waals surface area contributed by atoms with Crippen LogP contribution in [0.1, 0.15) is 57.0 Å². The molecule has 0 bridgehead atoms. The fourth-order valence-corrected chi connectivity index (χ4v) is 6.10. The van der Waals surface area contributed by atoms with Crippen molar-refractivity contribution in [3.63, 3.8) is 0 Å². The van der Waals surface area contributed by atoms with E-state index in [4.69, 9.17) is 52.1 Å². The molecule has 1 aromatic carbocycles. The Bertz CT molecular complexity index is 1290. The molecule has 0 aromatic heterocycles. The summed E-state index contributed by atoms with van der Waals surface area (Å²) < 4.78 is 63.1. The van der Waals surface area contributed by atoms with Gasteiger partial charge in [0.2, 0.25) is 12.0 Å². The van der Waals surface area contributed by atoms with Gasteiger partial charge in [-0.25, -0.2) is 4.79 Å². The summed E-state index contributed by atoms with van der Waals surface area (Å²) in [7, 11) is 5.53. The van der Waals surface area contributed by atoms with Gasteiger partial charge in [0.25, 0.3) is 0 Å². The van der Waals surface area contributed by atoms with Gasteiger partial charge < -0.3 is 52.1 Å². The van der Waals surface area contributed by atoms with E-state index in [-0.39, 0.29) is 29.2 Å². The van der Waals surface area contributed by atoms with E-state index in [0.717, 1.165) is 0 Å². The minimum atomic E-state index is -1.27. The van der Waals surface area contributed by atoms with E-state index in [1.54, 1.807) is 20.8 Å². The Morgan fingerprint density at radius 2 is 1.26 bits per heavy atom. The maximum Gasteiger partial charge on any atom is 0.342 e. The third kappa shape index (κ3) is 8.31. The van der Waals surface area contributed by atoms with E-state index < -0.39 is 79.2 Å². The second kappa shape index (κ2) is 16.3. The lowest BCUT2D eigenvalue weighted by Crippen LogP contribution is -2.61. The first-order valence-corrected chi connectivity index (χ1v) is 15.5. The SMILES string of the molecule is COc1c(O[C@@H]2O[C@@H](C)[C@H](OC(C)=O)[C@@H](OC)[C@H]2OC(C)=O)c(I)c(C)c(C(=O)O[C@H]2[C@@H](OC(C)=O)C[C@@H](OC)O[C@@H]2C)c1OC. The molecular weight excluding hydrogens is 727 g/mol. The number of ether oxygens (including phenoxy) is 11. The van der Waals surface area contributed by atoms with E-state index in [2.05, 4.69) is 0 Å². The number of halogens is 1. The van der Waals surface area contributed by atoms with Crippen molar-refractivity contribution >= 4 is 46.5 Å². The molecule has 258 valence electrons. The van der Waals surface area contributed by atoms with Crippen molar-refractivity contribution in [2.45, 2.75) is 103 Å². The molecule has 0 amide bonds. The molecular formula is C30H41IO15. The number of benzene rings is 1. The molecule has 9 atom stereocenters. The Labute approximate surface area is 280 Å². The lowest BCUT2D eigenvalue weighted by atomic mass is 9.98. The van der Waals surface area contributed by atoms with Gasteiger partial charge in [-0.15, -0.1) is 0 Å². The summed E-state index contributed by atoms with van der Waals surface area (Å²) in [6, 6.07) is 0. The predicted molar refractivity (Wildman–Crippen MR) is 165 cm³/mol. The lowest BCUT2D eigenvalue weighted by molar-refractivity contribution is -0.281. The van der Waals surface area contributed by atoms with Crippen LogP contribution in [0.15, 0.2) is 0 Å². The Morgan fingerprint density at radius 3 is 1.78 bits per heavy atom. The van der Waals surface area contributed by atoms with Crippen molar-refractivity contribution < 1.29 is 71.3 Å². The van der Waals surface area contributed by atoms with Gasteiger partial charge in [0.1, 0.15) is 17.8 Å². The summed E-state index contributed by atoms with van der Waals surface area (Å²) in [5, 5.41) is 0. The first-order chi connectivity index (χ1) is 21.7. The minimum absolute atomic E-state index is 0.0160. The summed E-state index contributed by atoms with van der Waals surface area (Å²) in [4.78, 5) is 49.6. The van der Waals surface area contributed by atoms with E-state index in [9.17, 15) is 19.2 Å². The Balaban J connectivity index is 2.03. The third-order valence-corrected chi connectivity index (χ3v) is 8.74. The molecule has 1 aromatic rings. The lowest BCUT2D eigenvalue weighted by Gasteiger charge is -2.43. The first-order valence-electron chi connectivity index (χ1n) is 14.4. The summed E-state index contributed by atoms with van der Waals surface area (Å²) >= 11 is 1.97. The molecule has 0 spiro atoms. The topological polar surface area (TPSA) is 170 Å². The molecule has 2 fully saturated rings. The van der Waals surface area contributed by atoms with Crippen LogP contribution in [0.5, 0.6) is 17.2 Å². The standard InChI is InChI=1S/C30H41IO15/c1-12-20(29(35)45-22-13(2)40-19(36-7)11-18(22)42-15(4)32)24(37-8)27(39-10)25(21(12)31)46-30-28(44-17(6)34)26(38-9)23(14(3)41-30)43-16(5)33/h13-14,18-19,22-23,26,28,30H,11H2,1-10H3/t13-,14+,18+,19+,22-,23+,26-,28-,30+/m1/s1. The van der Waals surface area contributed by atoms with Crippen molar-refractivity contribution in [1.29, 1.82) is 0 Å². The number of carbonyl (C=O) groups excluding carboxylic acids is 4. The zero-order chi connectivity index (χ0) is 34.5. The number of esters is 4. The van der Waals surface area contributed by atoms with Crippen LogP contribution in [0.4, 0.5) is 0 Å². The van der Waals surface area contributed by atoms with Gasteiger partial charge in [0.15, 0.2) is 36.1 Å². The second-order valence-corrected chi connectivity index (χ2v) is 11.7. The molecule has 2 aliphatic rings. The highest BCUT2D eigenvalue weighted by molar-refractivity contribution is 14.1. The maximum atomic E-state index is 13.8. The average Bonchev–Trinajstić information content (AvgIpc) is 2.98. The summed E-state index contributed by atoms with van der Waals surface area (Å²) in [5.74, 6) is -2.47. The second-order valence-electron chi connectivity index (χ2n) is 10.6. The van der Waals surface area contributed by atoms with E-state index in [1.807, 2.05) is 22.6 Å². The first kappa shape index (κ1) is 37.5. The summed E-state index contributed by atoms with van der Waals surface area (Å²) in [6.45, 7) is 8.69. The van der Waals surface area contributed by atoms with E-state index >= 15 is 0 Å². The van der Waals surface area contributed by atoms with Crippen molar-refractivity contribution in [2.24, 2.45) is 0 Å². The molecule has 2 aliphatic heterocycles. The molecule has 0 radical (unpaired) electrons. The molecule has 0 unspecified atom stereocenters. The highest BCUT2D eigenvalue weighted by atomic mass is 127. The minimum Gasteiger partial charge on any atom is -0.492 e. The van der Waals surface area contributed by atoms with Gasteiger partial charge in [0, 0.05) is 41.4 Å². The van der Waals surface area contributed by atoms with Gasteiger partial charge in [0.05, 0.1) is 30.0 Å². The van der Waals surface area contributed by atoms with Gasteiger partial charge in [-0.3, -0.25) is 14.4 Å². The van der Waals surface area contributed by atoms with Crippen LogP contribution in [0, 0.1) is 10.5 Å². The van der Waals surface area contributed by atoms with Gasteiger partial charge >= 0.3 is 23.9 Å². The number of carbonyl (C=O) groups is 4. The molecule has 16 heteroatoms. The molecule has 0 aliphatic carbocycles. The highest BCUT2D eigenvalue weighted by Crippen LogP contribution is 2.47. The van der Waals surface area contributed by atoms with Crippen LogP contribution in [0.2, 0.25) is 0 Å². The average molecular weight is 769 g/mol. The predicted octanol–water partition coefficient (Wildman–Crippen LogP) is 2.86. The fourth-order valence-electron chi connectivity index (χ4n) is 5.45. The normalized spacial score (nSPS) is 29.2. The van der Waals surface area contributed by atoms with Crippen molar-refractivity contribution in [3.05, 3.63) is 14.7 Å².